The molecule has 3 nitrogen and oxygen atoms in total. The van der Waals surface area contributed by atoms with Crippen LogP contribution in [0, 0.1) is 0 Å². The zero-order valence-electron chi connectivity index (χ0n) is 8.77. The van der Waals surface area contributed by atoms with Gasteiger partial charge in [0.2, 0.25) is 0 Å². The Morgan fingerprint density at radius 1 is 1.31 bits per heavy atom. The van der Waals surface area contributed by atoms with Crippen LogP contribution in [-0.4, -0.2) is 29.3 Å². The van der Waals surface area contributed by atoms with Crippen LogP contribution in [0.25, 0.3) is 0 Å². The first kappa shape index (κ1) is 11.0. The Bertz CT molecular complexity index is 160. The van der Waals surface area contributed by atoms with E-state index >= 15 is 0 Å². The molecule has 13 heavy (non-hydrogen) atoms. The van der Waals surface area contributed by atoms with E-state index in [0.29, 0.717) is 0 Å². The molecule has 0 aromatic rings. The van der Waals surface area contributed by atoms with E-state index in [1.54, 1.807) is 0 Å². The zero-order valence-corrected chi connectivity index (χ0v) is 8.77. The van der Waals surface area contributed by atoms with Crippen molar-refractivity contribution in [3.63, 3.8) is 0 Å². The highest BCUT2D eigenvalue weighted by atomic mass is 16.3. The second-order valence-corrected chi connectivity index (χ2v) is 4.14. The van der Waals surface area contributed by atoms with Crippen molar-refractivity contribution in [2.45, 2.75) is 50.7 Å². The van der Waals surface area contributed by atoms with Crippen molar-refractivity contribution in [3.05, 3.63) is 0 Å². The van der Waals surface area contributed by atoms with Gasteiger partial charge in [0.05, 0.1) is 5.60 Å². The van der Waals surface area contributed by atoms with Crippen LogP contribution in [0.3, 0.4) is 0 Å². The first-order valence-electron chi connectivity index (χ1n) is 5.30. The zero-order chi connectivity index (χ0) is 9.95. The van der Waals surface area contributed by atoms with E-state index in [1.807, 2.05) is 0 Å². The minimum atomic E-state index is -0.651. The normalized spacial score (nSPS) is 23.1. The van der Waals surface area contributed by atoms with Gasteiger partial charge < -0.3 is 16.2 Å². The largest absolute Gasteiger partial charge is 0.388 e. The van der Waals surface area contributed by atoms with Crippen LogP contribution >= 0.6 is 0 Å². The molecule has 4 N–H and O–H groups in total. The fraction of sp³-hybridized carbons (Fsp3) is 1.00. The topological polar surface area (TPSA) is 58.3 Å². The second-order valence-electron chi connectivity index (χ2n) is 4.14. The Labute approximate surface area is 80.7 Å². The molecule has 1 rings (SSSR count). The number of aliphatic hydroxyl groups is 1. The minimum Gasteiger partial charge on any atom is -0.388 e. The van der Waals surface area contributed by atoms with Crippen LogP contribution in [0.15, 0.2) is 0 Å². The van der Waals surface area contributed by atoms with Crippen LogP contribution in [0.1, 0.15) is 39.5 Å². The van der Waals surface area contributed by atoms with E-state index in [-0.39, 0.29) is 0 Å². The van der Waals surface area contributed by atoms with Gasteiger partial charge in [0.1, 0.15) is 0 Å². The van der Waals surface area contributed by atoms with Crippen molar-refractivity contribution in [3.8, 4) is 0 Å². The summed E-state index contributed by atoms with van der Waals surface area (Å²) in [5, 5.41) is 13.7. The van der Waals surface area contributed by atoms with Gasteiger partial charge in [-0.25, -0.2) is 0 Å². The van der Waals surface area contributed by atoms with Gasteiger partial charge >= 0.3 is 0 Å². The van der Waals surface area contributed by atoms with Gasteiger partial charge in [0.25, 0.3) is 0 Å². The van der Waals surface area contributed by atoms with Crippen LogP contribution in [0.5, 0.6) is 0 Å². The number of rotatable bonds is 3. The summed E-state index contributed by atoms with van der Waals surface area (Å²) in [7, 11) is 0. The maximum Gasteiger partial charge on any atom is 0.0850 e. The number of nitrogens with one attached hydrogen (secondary N) is 1. The number of hydrogen-bond acceptors (Lipinski definition) is 3. The second kappa shape index (κ2) is 3.95. The summed E-state index contributed by atoms with van der Waals surface area (Å²) in [6.45, 7) is 5.89. The molecule has 1 saturated heterocycles. The highest BCUT2D eigenvalue weighted by molar-refractivity contribution is 5.04. The molecular weight excluding hydrogens is 164 g/mol. The lowest BCUT2D eigenvalue weighted by atomic mass is 9.71. The Morgan fingerprint density at radius 2 is 1.77 bits per heavy atom. The molecule has 78 valence electrons. The third-order valence-corrected chi connectivity index (χ3v) is 3.62. The lowest BCUT2D eigenvalue weighted by molar-refractivity contribution is -0.0627. The fourth-order valence-electron chi connectivity index (χ4n) is 2.25. The van der Waals surface area contributed by atoms with E-state index in [4.69, 9.17) is 5.73 Å². The fourth-order valence-corrected chi connectivity index (χ4v) is 2.25. The highest BCUT2D eigenvalue weighted by Crippen LogP contribution is 2.33. The molecule has 0 unspecified atom stereocenters. The molecule has 0 bridgehead atoms. The number of nitrogens with two attached hydrogens (primary N) is 1. The van der Waals surface area contributed by atoms with Gasteiger partial charge in [-0.05, 0) is 38.8 Å². The van der Waals surface area contributed by atoms with E-state index < -0.39 is 11.1 Å². The van der Waals surface area contributed by atoms with E-state index in [9.17, 15) is 5.11 Å². The molecule has 0 spiro atoms. The summed E-state index contributed by atoms with van der Waals surface area (Å²) in [5.41, 5.74) is 5.18. The van der Waals surface area contributed by atoms with Crippen molar-refractivity contribution in [2.24, 2.45) is 5.73 Å². The van der Waals surface area contributed by atoms with Crippen molar-refractivity contribution < 1.29 is 5.11 Å². The van der Waals surface area contributed by atoms with Gasteiger partial charge in [0.15, 0.2) is 0 Å². The molecule has 1 aliphatic heterocycles. The molecular formula is C10H22N2O. The molecule has 0 aromatic heterocycles. The van der Waals surface area contributed by atoms with Crippen LogP contribution in [0.2, 0.25) is 0 Å². The molecule has 1 fully saturated rings. The summed E-state index contributed by atoms with van der Waals surface area (Å²) in [6.07, 6.45) is 3.26. The average molecular weight is 186 g/mol. The monoisotopic (exact) mass is 186 g/mol. The molecule has 0 amide bonds. The molecule has 1 heterocycles. The molecule has 0 atom stereocenters. The molecule has 0 aliphatic carbocycles. The predicted octanol–water partition coefficient (Wildman–Crippen LogP) is 0.618. The third kappa shape index (κ3) is 1.87. The molecule has 0 aromatic carbocycles. The van der Waals surface area contributed by atoms with Gasteiger partial charge in [0, 0.05) is 5.54 Å². The molecule has 3 heteroatoms. The van der Waals surface area contributed by atoms with Crippen molar-refractivity contribution >= 4 is 0 Å². The third-order valence-electron chi connectivity index (χ3n) is 3.62. The maximum absolute atomic E-state index is 10.4. The lowest BCUT2D eigenvalue weighted by Crippen LogP contribution is -2.63. The number of piperidine rings is 1. The Morgan fingerprint density at radius 3 is 2.15 bits per heavy atom. The summed E-state index contributed by atoms with van der Waals surface area (Å²) in [5.74, 6) is 0. The molecule has 0 radical (unpaired) electrons. The summed E-state index contributed by atoms with van der Waals surface area (Å²) in [4.78, 5) is 0. The van der Waals surface area contributed by atoms with Crippen molar-refractivity contribution in [1.82, 2.24) is 5.32 Å². The highest BCUT2D eigenvalue weighted by Gasteiger charge is 2.45. The summed E-state index contributed by atoms with van der Waals surface area (Å²) < 4.78 is 0. The van der Waals surface area contributed by atoms with Crippen LogP contribution < -0.4 is 11.1 Å². The Hall–Kier alpha value is -0.120. The summed E-state index contributed by atoms with van der Waals surface area (Å²) >= 11 is 0. The lowest BCUT2D eigenvalue weighted by Gasteiger charge is -2.46. The number of hydrogen-bond donors (Lipinski definition) is 3. The van der Waals surface area contributed by atoms with Crippen molar-refractivity contribution in [2.75, 3.05) is 13.1 Å². The maximum atomic E-state index is 10.4. The van der Waals surface area contributed by atoms with Crippen molar-refractivity contribution in [1.29, 1.82) is 0 Å². The predicted molar refractivity (Wildman–Crippen MR) is 54.6 cm³/mol. The van der Waals surface area contributed by atoms with Gasteiger partial charge in [-0.2, -0.15) is 0 Å². The van der Waals surface area contributed by atoms with E-state index in [1.165, 1.54) is 0 Å². The van der Waals surface area contributed by atoms with Gasteiger partial charge in [-0.1, -0.05) is 13.8 Å². The van der Waals surface area contributed by atoms with E-state index in [0.717, 1.165) is 38.8 Å². The Balaban J connectivity index is 2.74. The average Bonchev–Trinajstić information content (AvgIpc) is 2.17. The van der Waals surface area contributed by atoms with Crippen LogP contribution in [0.4, 0.5) is 0 Å². The Kier molecular flexibility index (Phi) is 3.33. The quantitative estimate of drug-likeness (QED) is 0.605. The van der Waals surface area contributed by atoms with Crippen LogP contribution in [-0.2, 0) is 0 Å². The van der Waals surface area contributed by atoms with Gasteiger partial charge in [-0.3, -0.25) is 0 Å². The smallest absolute Gasteiger partial charge is 0.0850 e. The first-order valence-corrected chi connectivity index (χ1v) is 5.30. The first-order chi connectivity index (χ1) is 6.08. The SMILES string of the molecule is CCC(N)(CC)C1(O)CCNCC1. The van der Waals surface area contributed by atoms with Gasteiger partial charge in [-0.15, -0.1) is 0 Å². The molecule has 0 saturated carbocycles. The molecule has 1 aliphatic rings. The standard InChI is InChI=1S/C10H22N2O/c1-3-9(11,4-2)10(13)5-7-12-8-6-10/h12-13H,3-8,11H2,1-2H3. The minimum absolute atomic E-state index is 0.394. The van der Waals surface area contributed by atoms with E-state index in [2.05, 4.69) is 19.2 Å². The summed E-state index contributed by atoms with van der Waals surface area (Å²) in [6, 6.07) is 0.